The fourth-order valence-electron chi connectivity index (χ4n) is 4.34. The van der Waals surface area contributed by atoms with E-state index in [1.54, 1.807) is 24.3 Å². The van der Waals surface area contributed by atoms with Crippen molar-refractivity contribution in [1.82, 2.24) is 10.2 Å². The summed E-state index contributed by atoms with van der Waals surface area (Å²) in [6.45, 7) is 9.89. The van der Waals surface area contributed by atoms with Crippen LogP contribution in [0.3, 0.4) is 0 Å². The molecule has 0 bridgehead atoms. The quantitative estimate of drug-likeness (QED) is 0.485. The molecule has 2 N–H and O–H groups in total. The summed E-state index contributed by atoms with van der Waals surface area (Å²) >= 11 is 0. The van der Waals surface area contributed by atoms with Gasteiger partial charge in [-0.3, -0.25) is 9.62 Å². The fourth-order valence-corrected chi connectivity index (χ4v) is 5.46. The van der Waals surface area contributed by atoms with Gasteiger partial charge in [0.15, 0.2) is 0 Å². The first kappa shape index (κ1) is 24.3. The number of hydrogen-bond acceptors (Lipinski definition) is 5. The third-order valence-electron chi connectivity index (χ3n) is 6.23. The second-order valence-corrected chi connectivity index (χ2v) is 10.7. The second-order valence-electron chi connectivity index (χ2n) is 8.98. The first-order valence-electron chi connectivity index (χ1n) is 11.8. The molecule has 0 spiro atoms. The summed E-state index contributed by atoms with van der Waals surface area (Å²) in [6, 6.07) is 25.2. The highest BCUT2D eigenvalue weighted by Crippen LogP contribution is 2.22. The van der Waals surface area contributed by atoms with Crippen LogP contribution in [-0.2, 0) is 16.6 Å². The molecule has 3 aromatic carbocycles. The summed E-state index contributed by atoms with van der Waals surface area (Å²) in [6.07, 6.45) is 0. The molecule has 4 rings (SSSR count). The van der Waals surface area contributed by atoms with Crippen LogP contribution in [0.25, 0.3) is 0 Å². The Balaban J connectivity index is 1.32. The molecule has 6 nitrogen and oxygen atoms in total. The molecule has 7 heteroatoms. The Hall–Kier alpha value is -2.87. The average molecular weight is 479 g/mol. The van der Waals surface area contributed by atoms with Gasteiger partial charge in [0, 0.05) is 51.0 Å². The van der Waals surface area contributed by atoms with Gasteiger partial charge in [0.1, 0.15) is 0 Å². The number of nitrogens with one attached hydrogen (secondary N) is 2. The number of sulfonamides is 1. The number of piperazine rings is 1. The average Bonchev–Trinajstić information content (AvgIpc) is 2.85. The SMILES string of the molecule is Cc1ccc(NS(=O)(=O)c2ccccc2)c(CNC(C)CN2CCN(c3ccccc3)CC2)c1. The van der Waals surface area contributed by atoms with Crippen LogP contribution < -0.4 is 14.9 Å². The first-order valence-corrected chi connectivity index (χ1v) is 13.3. The fraction of sp³-hybridized carbons (Fsp3) is 0.333. The van der Waals surface area contributed by atoms with E-state index in [1.165, 1.54) is 5.69 Å². The number of para-hydroxylation sites is 1. The van der Waals surface area contributed by atoms with Crippen LogP contribution in [0.15, 0.2) is 83.8 Å². The van der Waals surface area contributed by atoms with Crippen LogP contribution in [0, 0.1) is 6.92 Å². The molecular weight excluding hydrogens is 444 g/mol. The highest BCUT2D eigenvalue weighted by Gasteiger charge is 2.19. The second kappa shape index (κ2) is 11.0. The third-order valence-corrected chi connectivity index (χ3v) is 7.61. The zero-order valence-corrected chi connectivity index (χ0v) is 20.8. The molecular formula is C27H34N4O2S. The standard InChI is InChI=1S/C27H34N4O2S/c1-22-13-14-27(29-34(32,33)26-11-7-4-8-12-26)24(19-22)20-28-23(2)21-30-15-17-31(18-16-30)25-9-5-3-6-10-25/h3-14,19,23,28-29H,15-18,20-21H2,1-2H3. The lowest BCUT2D eigenvalue weighted by Gasteiger charge is -2.37. The summed E-state index contributed by atoms with van der Waals surface area (Å²) < 4.78 is 28.4. The molecule has 1 saturated heterocycles. The maximum atomic E-state index is 12.8. The van der Waals surface area contributed by atoms with Gasteiger partial charge in [-0.1, -0.05) is 54.1 Å². The minimum absolute atomic E-state index is 0.262. The van der Waals surface area contributed by atoms with Gasteiger partial charge in [-0.2, -0.15) is 0 Å². The largest absolute Gasteiger partial charge is 0.369 e. The maximum Gasteiger partial charge on any atom is 0.261 e. The molecule has 1 aliphatic rings. The Kier molecular flexibility index (Phi) is 7.88. The van der Waals surface area contributed by atoms with E-state index in [1.807, 2.05) is 31.2 Å². The van der Waals surface area contributed by atoms with E-state index in [2.05, 4.69) is 57.1 Å². The van der Waals surface area contributed by atoms with Crippen molar-refractivity contribution in [2.24, 2.45) is 0 Å². The van der Waals surface area contributed by atoms with Crippen molar-refractivity contribution in [3.05, 3.63) is 90.0 Å². The highest BCUT2D eigenvalue weighted by molar-refractivity contribution is 7.92. The van der Waals surface area contributed by atoms with Crippen molar-refractivity contribution in [3.63, 3.8) is 0 Å². The Morgan fingerprint density at radius 1 is 0.882 bits per heavy atom. The Labute approximate surface area is 203 Å². The predicted octanol–water partition coefficient (Wildman–Crippen LogP) is 4.10. The lowest BCUT2D eigenvalue weighted by molar-refractivity contribution is 0.233. The van der Waals surface area contributed by atoms with Crippen LogP contribution in [0.2, 0.25) is 0 Å². The molecule has 1 heterocycles. The van der Waals surface area contributed by atoms with Crippen LogP contribution in [0.1, 0.15) is 18.1 Å². The zero-order valence-electron chi connectivity index (χ0n) is 19.9. The van der Waals surface area contributed by atoms with Crippen molar-refractivity contribution in [2.75, 3.05) is 42.3 Å². The molecule has 1 atom stereocenters. The van der Waals surface area contributed by atoms with Crippen molar-refractivity contribution in [1.29, 1.82) is 0 Å². The van der Waals surface area contributed by atoms with Crippen LogP contribution in [0.4, 0.5) is 11.4 Å². The van der Waals surface area contributed by atoms with E-state index in [0.29, 0.717) is 12.2 Å². The van der Waals surface area contributed by atoms with Gasteiger partial charge >= 0.3 is 0 Å². The third kappa shape index (κ3) is 6.38. The minimum Gasteiger partial charge on any atom is -0.369 e. The van der Waals surface area contributed by atoms with E-state index in [0.717, 1.165) is 43.9 Å². The van der Waals surface area contributed by atoms with Crippen LogP contribution in [0.5, 0.6) is 0 Å². The minimum atomic E-state index is -3.63. The summed E-state index contributed by atoms with van der Waals surface area (Å²) in [7, 11) is -3.63. The smallest absolute Gasteiger partial charge is 0.261 e. The predicted molar refractivity (Wildman–Crippen MR) is 140 cm³/mol. The summed E-state index contributed by atoms with van der Waals surface area (Å²) in [5, 5.41) is 3.59. The topological polar surface area (TPSA) is 64.7 Å². The van der Waals surface area contributed by atoms with Crippen molar-refractivity contribution in [2.45, 2.75) is 31.3 Å². The van der Waals surface area contributed by atoms with E-state index >= 15 is 0 Å². The lowest BCUT2D eigenvalue weighted by Crippen LogP contribution is -2.50. The molecule has 0 radical (unpaired) electrons. The molecule has 0 amide bonds. The van der Waals surface area contributed by atoms with Crippen molar-refractivity contribution >= 4 is 21.4 Å². The molecule has 0 saturated carbocycles. The lowest BCUT2D eigenvalue weighted by atomic mass is 10.1. The number of nitrogens with zero attached hydrogens (tertiary/aromatic N) is 2. The summed E-state index contributed by atoms with van der Waals surface area (Å²) in [5.41, 5.74) is 3.95. The highest BCUT2D eigenvalue weighted by atomic mass is 32.2. The summed E-state index contributed by atoms with van der Waals surface area (Å²) in [5.74, 6) is 0. The molecule has 1 aliphatic heterocycles. The summed E-state index contributed by atoms with van der Waals surface area (Å²) in [4.78, 5) is 5.19. The number of benzene rings is 3. The van der Waals surface area contributed by atoms with Gasteiger partial charge in [0.25, 0.3) is 10.0 Å². The number of rotatable bonds is 9. The van der Waals surface area contributed by atoms with Crippen LogP contribution in [-0.4, -0.2) is 52.1 Å². The molecule has 1 fully saturated rings. The van der Waals surface area contributed by atoms with Gasteiger partial charge < -0.3 is 10.2 Å². The Bertz CT molecular complexity index is 1160. The van der Waals surface area contributed by atoms with E-state index in [9.17, 15) is 8.42 Å². The number of aryl methyl sites for hydroxylation is 1. The zero-order chi connectivity index (χ0) is 24.0. The van der Waals surface area contributed by atoms with Gasteiger partial charge in [-0.15, -0.1) is 0 Å². The molecule has 0 aliphatic carbocycles. The Morgan fingerprint density at radius 2 is 1.53 bits per heavy atom. The molecule has 1 unspecified atom stereocenters. The van der Waals surface area contributed by atoms with Gasteiger partial charge in [0.05, 0.1) is 10.6 Å². The molecule has 180 valence electrons. The van der Waals surface area contributed by atoms with E-state index < -0.39 is 10.0 Å². The Morgan fingerprint density at radius 3 is 2.21 bits per heavy atom. The van der Waals surface area contributed by atoms with Gasteiger partial charge in [-0.25, -0.2) is 8.42 Å². The maximum absolute atomic E-state index is 12.8. The van der Waals surface area contributed by atoms with Gasteiger partial charge in [0.2, 0.25) is 0 Å². The van der Waals surface area contributed by atoms with Crippen LogP contribution >= 0.6 is 0 Å². The van der Waals surface area contributed by atoms with E-state index in [4.69, 9.17) is 0 Å². The van der Waals surface area contributed by atoms with Crippen molar-refractivity contribution in [3.8, 4) is 0 Å². The number of anilines is 2. The molecule has 3 aromatic rings. The monoisotopic (exact) mass is 478 g/mol. The van der Waals surface area contributed by atoms with Gasteiger partial charge in [-0.05, 0) is 49.7 Å². The molecule has 0 aromatic heterocycles. The normalized spacial score (nSPS) is 15.8. The van der Waals surface area contributed by atoms with E-state index in [-0.39, 0.29) is 10.9 Å². The first-order chi connectivity index (χ1) is 16.4. The molecule has 34 heavy (non-hydrogen) atoms. The van der Waals surface area contributed by atoms with Crippen molar-refractivity contribution < 1.29 is 8.42 Å². The number of hydrogen-bond donors (Lipinski definition) is 2.